The molecular weight excluding hydrogens is 270 g/mol. The maximum Gasteiger partial charge on any atom is 0.119 e. The van der Waals surface area contributed by atoms with Crippen LogP contribution in [0.3, 0.4) is 0 Å². The van der Waals surface area contributed by atoms with Crippen LogP contribution in [-0.2, 0) is 6.42 Å². The topological polar surface area (TPSA) is 32.3 Å². The molecule has 0 amide bonds. The van der Waals surface area contributed by atoms with Gasteiger partial charge in [-0.25, -0.2) is 0 Å². The summed E-state index contributed by atoms with van der Waals surface area (Å²) in [4.78, 5) is 0. The van der Waals surface area contributed by atoms with Gasteiger partial charge in [0.25, 0.3) is 0 Å². The van der Waals surface area contributed by atoms with E-state index in [1.807, 2.05) is 25.1 Å². The van der Waals surface area contributed by atoms with Crippen LogP contribution in [-0.4, -0.2) is 5.11 Å². The first-order chi connectivity index (χ1) is 9.65. The molecule has 1 unspecified atom stereocenters. The van der Waals surface area contributed by atoms with E-state index >= 15 is 0 Å². The number of aryl methyl sites for hydroxylation is 1. The number of benzene rings is 2. The molecule has 3 rings (SSSR count). The molecule has 0 bridgehead atoms. The molecule has 3 heteroatoms. The van der Waals surface area contributed by atoms with Gasteiger partial charge in [0.2, 0.25) is 0 Å². The number of nitrogens with one attached hydrogen (secondary N) is 1. The Kier molecular flexibility index (Phi) is 3.58. The van der Waals surface area contributed by atoms with Gasteiger partial charge in [-0.05, 0) is 67.1 Å². The molecule has 0 aliphatic heterocycles. The van der Waals surface area contributed by atoms with Crippen LogP contribution in [0.1, 0.15) is 35.6 Å². The fraction of sp³-hybridized carbons (Fsp3) is 0.294. The van der Waals surface area contributed by atoms with Gasteiger partial charge in [0.05, 0.1) is 6.04 Å². The molecule has 2 aromatic rings. The van der Waals surface area contributed by atoms with Crippen molar-refractivity contribution in [3.63, 3.8) is 0 Å². The molecular formula is C17H18ClNO. The second kappa shape index (κ2) is 5.37. The highest BCUT2D eigenvalue weighted by Crippen LogP contribution is 2.36. The van der Waals surface area contributed by atoms with Gasteiger partial charge in [0, 0.05) is 10.7 Å². The predicted molar refractivity (Wildman–Crippen MR) is 83.6 cm³/mol. The number of halogens is 1. The standard InChI is InChI=1S/C17H18ClNO/c1-11-10-12(8-9-15(11)18)19-16-6-2-5-14-13(16)4-3-7-17(14)20/h3-4,7-10,16,19-20H,2,5-6H2,1H3. The third-order valence-electron chi connectivity index (χ3n) is 3.98. The predicted octanol–water partition coefficient (Wildman–Crippen LogP) is 4.84. The summed E-state index contributed by atoms with van der Waals surface area (Å²) >= 11 is 6.06. The Morgan fingerprint density at radius 2 is 2.10 bits per heavy atom. The Morgan fingerprint density at radius 3 is 2.90 bits per heavy atom. The number of phenolic OH excluding ortho intramolecular Hbond substituents is 1. The van der Waals surface area contributed by atoms with Crippen molar-refractivity contribution < 1.29 is 5.11 Å². The molecule has 0 radical (unpaired) electrons. The first-order valence-electron chi connectivity index (χ1n) is 6.98. The van der Waals surface area contributed by atoms with E-state index in [9.17, 15) is 5.11 Å². The molecule has 20 heavy (non-hydrogen) atoms. The normalized spacial score (nSPS) is 17.6. The molecule has 2 N–H and O–H groups in total. The monoisotopic (exact) mass is 287 g/mol. The number of aromatic hydroxyl groups is 1. The summed E-state index contributed by atoms with van der Waals surface area (Å²) in [6.45, 7) is 2.01. The van der Waals surface area contributed by atoms with E-state index in [-0.39, 0.29) is 6.04 Å². The Morgan fingerprint density at radius 1 is 1.25 bits per heavy atom. The van der Waals surface area contributed by atoms with E-state index in [4.69, 9.17) is 11.6 Å². The minimum atomic E-state index is 0.256. The zero-order chi connectivity index (χ0) is 14.1. The Hall–Kier alpha value is -1.67. The van der Waals surface area contributed by atoms with Crippen LogP contribution in [0.4, 0.5) is 5.69 Å². The van der Waals surface area contributed by atoms with Gasteiger partial charge in [0.1, 0.15) is 5.75 Å². The second-order valence-electron chi connectivity index (χ2n) is 5.40. The number of rotatable bonds is 2. The molecule has 0 fully saturated rings. The van der Waals surface area contributed by atoms with E-state index < -0.39 is 0 Å². The van der Waals surface area contributed by atoms with Crippen molar-refractivity contribution in [3.05, 3.63) is 58.1 Å². The van der Waals surface area contributed by atoms with Crippen LogP contribution in [0.25, 0.3) is 0 Å². The Labute approximate surface area is 124 Å². The highest BCUT2D eigenvalue weighted by atomic mass is 35.5. The fourth-order valence-corrected chi connectivity index (χ4v) is 3.03. The smallest absolute Gasteiger partial charge is 0.119 e. The minimum Gasteiger partial charge on any atom is -0.508 e. The average molecular weight is 288 g/mol. The van der Waals surface area contributed by atoms with Crippen molar-refractivity contribution in [2.75, 3.05) is 5.32 Å². The van der Waals surface area contributed by atoms with Crippen LogP contribution in [0, 0.1) is 6.92 Å². The second-order valence-corrected chi connectivity index (χ2v) is 5.81. The molecule has 0 saturated heterocycles. The summed E-state index contributed by atoms with van der Waals surface area (Å²) in [5.74, 6) is 0.418. The largest absolute Gasteiger partial charge is 0.508 e. The molecule has 2 nitrogen and oxygen atoms in total. The third-order valence-corrected chi connectivity index (χ3v) is 4.41. The average Bonchev–Trinajstić information content (AvgIpc) is 2.44. The van der Waals surface area contributed by atoms with Crippen molar-refractivity contribution in [1.82, 2.24) is 0 Å². The third kappa shape index (κ3) is 2.48. The molecule has 0 saturated carbocycles. The maximum absolute atomic E-state index is 9.98. The van der Waals surface area contributed by atoms with Gasteiger partial charge in [-0.15, -0.1) is 0 Å². The van der Waals surface area contributed by atoms with Crippen LogP contribution in [0.5, 0.6) is 5.75 Å². The zero-order valence-corrected chi connectivity index (χ0v) is 12.2. The fourth-order valence-electron chi connectivity index (χ4n) is 2.91. The lowest BCUT2D eigenvalue weighted by Crippen LogP contribution is -2.17. The van der Waals surface area contributed by atoms with Crippen molar-refractivity contribution in [2.24, 2.45) is 0 Å². The highest BCUT2D eigenvalue weighted by Gasteiger charge is 2.22. The van der Waals surface area contributed by atoms with E-state index in [0.29, 0.717) is 5.75 Å². The minimum absolute atomic E-state index is 0.256. The van der Waals surface area contributed by atoms with Gasteiger partial charge < -0.3 is 10.4 Å². The molecule has 1 aliphatic rings. The van der Waals surface area contributed by atoms with Crippen LogP contribution in [0.2, 0.25) is 5.02 Å². The number of hydrogen-bond donors (Lipinski definition) is 2. The van der Waals surface area contributed by atoms with Crippen LogP contribution in [0.15, 0.2) is 36.4 Å². The van der Waals surface area contributed by atoms with Gasteiger partial charge in [0.15, 0.2) is 0 Å². The van der Waals surface area contributed by atoms with Gasteiger partial charge in [-0.3, -0.25) is 0 Å². The molecule has 0 spiro atoms. The lowest BCUT2D eigenvalue weighted by atomic mass is 9.87. The number of hydrogen-bond acceptors (Lipinski definition) is 2. The van der Waals surface area contributed by atoms with Crippen molar-refractivity contribution in [2.45, 2.75) is 32.2 Å². The Balaban J connectivity index is 1.89. The molecule has 104 valence electrons. The van der Waals surface area contributed by atoms with Gasteiger partial charge in [-0.1, -0.05) is 23.7 Å². The SMILES string of the molecule is Cc1cc(NC2CCCc3c(O)cccc32)ccc1Cl. The lowest BCUT2D eigenvalue weighted by Gasteiger charge is -2.28. The first kappa shape index (κ1) is 13.3. The van der Waals surface area contributed by atoms with E-state index in [0.717, 1.165) is 41.1 Å². The van der Waals surface area contributed by atoms with E-state index in [1.54, 1.807) is 6.07 Å². The van der Waals surface area contributed by atoms with Crippen LogP contribution < -0.4 is 5.32 Å². The Bertz CT molecular complexity index is 639. The molecule has 2 aromatic carbocycles. The van der Waals surface area contributed by atoms with Gasteiger partial charge in [-0.2, -0.15) is 0 Å². The van der Waals surface area contributed by atoms with Crippen molar-refractivity contribution in [3.8, 4) is 5.75 Å². The summed E-state index contributed by atoms with van der Waals surface area (Å²) in [5.41, 5.74) is 4.45. The maximum atomic E-state index is 9.98. The summed E-state index contributed by atoms with van der Waals surface area (Å²) in [6.07, 6.45) is 3.13. The number of anilines is 1. The van der Waals surface area contributed by atoms with E-state index in [2.05, 4.69) is 17.4 Å². The zero-order valence-electron chi connectivity index (χ0n) is 11.5. The van der Waals surface area contributed by atoms with Crippen LogP contribution >= 0.6 is 11.6 Å². The number of phenols is 1. The van der Waals surface area contributed by atoms with E-state index in [1.165, 1.54) is 5.56 Å². The summed E-state index contributed by atoms with van der Waals surface area (Å²) in [6, 6.07) is 12.0. The van der Waals surface area contributed by atoms with Crippen molar-refractivity contribution >= 4 is 17.3 Å². The van der Waals surface area contributed by atoms with Crippen molar-refractivity contribution in [1.29, 1.82) is 0 Å². The molecule has 1 aliphatic carbocycles. The first-order valence-corrected chi connectivity index (χ1v) is 7.36. The molecule has 1 atom stereocenters. The number of fused-ring (bicyclic) bond motifs is 1. The molecule has 0 aromatic heterocycles. The van der Waals surface area contributed by atoms with Gasteiger partial charge >= 0.3 is 0 Å². The lowest BCUT2D eigenvalue weighted by molar-refractivity contribution is 0.457. The quantitative estimate of drug-likeness (QED) is 0.828. The summed E-state index contributed by atoms with van der Waals surface area (Å²) < 4.78 is 0. The summed E-state index contributed by atoms with van der Waals surface area (Å²) in [5, 5.41) is 14.3. The summed E-state index contributed by atoms with van der Waals surface area (Å²) in [7, 11) is 0. The molecule has 0 heterocycles. The highest BCUT2D eigenvalue weighted by molar-refractivity contribution is 6.31.